The Bertz CT molecular complexity index is 1520. The van der Waals surface area contributed by atoms with Gasteiger partial charge in [0, 0.05) is 13.3 Å². The molecule has 1 heterocycles. The van der Waals surface area contributed by atoms with Crippen molar-refractivity contribution in [2.45, 2.75) is 69.6 Å². The predicted molar refractivity (Wildman–Crippen MR) is 182 cm³/mol. The summed E-state index contributed by atoms with van der Waals surface area (Å²) in [6.07, 6.45) is -3.42. The van der Waals surface area contributed by atoms with Crippen molar-refractivity contribution in [1.29, 1.82) is 0 Å². The van der Waals surface area contributed by atoms with Crippen LogP contribution in [-0.2, 0) is 25.1 Å². The van der Waals surface area contributed by atoms with Crippen molar-refractivity contribution in [1.82, 2.24) is 5.32 Å². The largest absolute Gasteiger partial charge is 0.454 e. The summed E-state index contributed by atoms with van der Waals surface area (Å²) < 4.78 is 19.9. The minimum Gasteiger partial charge on any atom is -0.454 e. The van der Waals surface area contributed by atoms with Crippen LogP contribution >= 0.6 is 0 Å². The maximum absolute atomic E-state index is 13.4. The second-order valence-electron chi connectivity index (χ2n) is 12.8. The number of hydrogen-bond donors (Lipinski definition) is 2. The number of carbonyl (C=O) groups is 2. The van der Waals surface area contributed by atoms with Gasteiger partial charge in [-0.15, -0.1) is 0 Å². The van der Waals surface area contributed by atoms with Crippen LogP contribution in [0.2, 0.25) is 5.04 Å². The Morgan fingerprint density at radius 1 is 0.783 bits per heavy atom. The summed E-state index contributed by atoms with van der Waals surface area (Å²) in [6.45, 7) is 8.01. The fourth-order valence-corrected chi connectivity index (χ4v) is 11.0. The second-order valence-corrected chi connectivity index (χ2v) is 17.1. The summed E-state index contributed by atoms with van der Waals surface area (Å²) in [6, 6.07) is 38.1. The van der Waals surface area contributed by atoms with E-state index in [0.717, 1.165) is 15.9 Å². The predicted octanol–water partition coefficient (Wildman–Crippen LogP) is 4.66. The quantitative estimate of drug-likeness (QED) is 0.194. The first-order chi connectivity index (χ1) is 22.1. The third kappa shape index (κ3) is 7.31. The molecule has 2 N–H and O–H groups in total. The molecule has 0 aromatic heterocycles. The van der Waals surface area contributed by atoms with Crippen LogP contribution in [0.25, 0.3) is 0 Å². The highest BCUT2D eigenvalue weighted by atomic mass is 28.4. The zero-order valence-electron chi connectivity index (χ0n) is 26.8. The zero-order valence-corrected chi connectivity index (χ0v) is 27.8. The molecule has 1 amide bonds. The molecule has 1 aliphatic heterocycles. The maximum Gasteiger partial charge on any atom is 0.338 e. The topological polar surface area (TPSA) is 94.1 Å². The Hall–Kier alpha value is -4.08. The molecule has 1 saturated heterocycles. The molecule has 46 heavy (non-hydrogen) atoms. The lowest BCUT2D eigenvalue weighted by molar-refractivity contribution is -0.194. The molecule has 5 atom stereocenters. The lowest BCUT2D eigenvalue weighted by Crippen LogP contribution is -2.69. The maximum atomic E-state index is 13.4. The molecule has 0 spiro atoms. The van der Waals surface area contributed by atoms with Crippen LogP contribution in [0.15, 0.2) is 121 Å². The van der Waals surface area contributed by atoms with E-state index in [1.807, 2.05) is 72.8 Å². The smallest absolute Gasteiger partial charge is 0.338 e. The van der Waals surface area contributed by atoms with E-state index in [4.69, 9.17) is 13.9 Å². The van der Waals surface area contributed by atoms with E-state index in [0.29, 0.717) is 12.0 Å². The molecule has 3 unspecified atom stereocenters. The average molecular weight is 638 g/mol. The van der Waals surface area contributed by atoms with Gasteiger partial charge in [0.1, 0.15) is 12.2 Å². The number of aliphatic hydroxyl groups is 1. The van der Waals surface area contributed by atoms with Crippen molar-refractivity contribution >= 4 is 30.6 Å². The third-order valence-electron chi connectivity index (χ3n) is 8.60. The van der Waals surface area contributed by atoms with Crippen LogP contribution in [0, 0.1) is 0 Å². The molecule has 4 aromatic rings. The van der Waals surface area contributed by atoms with E-state index in [-0.39, 0.29) is 17.6 Å². The fraction of sp³-hybridized carbons (Fsp3) is 0.316. The van der Waals surface area contributed by atoms with E-state index in [1.54, 1.807) is 24.3 Å². The van der Waals surface area contributed by atoms with E-state index in [2.05, 4.69) is 50.4 Å². The van der Waals surface area contributed by atoms with Crippen molar-refractivity contribution in [3.05, 3.63) is 132 Å². The summed E-state index contributed by atoms with van der Waals surface area (Å²) in [7, 11) is -2.98. The molecule has 5 rings (SSSR count). The van der Waals surface area contributed by atoms with Gasteiger partial charge in [-0.3, -0.25) is 4.79 Å². The summed E-state index contributed by atoms with van der Waals surface area (Å²) in [5, 5.41) is 16.7. The van der Waals surface area contributed by atoms with Gasteiger partial charge >= 0.3 is 5.97 Å². The number of hydrogen-bond acceptors (Lipinski definition) is 6. The highest BCUT2D eigenvalue weighted by Gasteiger charge is 2.53. The Kier molecular flexibility index (Phi) is 10.5. The molecule has 1 aliphatic rings. The van der Waals surface area contributed by atoms with E-state index in [9.17, 15) is 14.7 Å². The number of amides is 1. The first kappa shape index (κ1) is 33.3. The molecule has 8 heteroatoms. The van der Waals surface area contributed by atoms with Gasteiger partial charge in [0.05, 0.1) is 24.3 Å². The number of rotatable bonds is 10. The van der Waals surface area contributed by atoms with Crippen LogP contribution in [0.1, 0.15) is 43.6 Å². The van der Waals surface area contributed by atoms with Crippen molar-refractivity contribution < 1.29 is 28.6 Å². The highest BCUT2D eigenvalue weighted by molar-refractivity contribution is 6.99. The monoisotopic (exact) mass is 637 g/mol. The standard InChI is InChI=1S/C38H43NO6Si/c1-27(40)39-34-32(25-28-17-9-5-10-18-28)44-33(35(41)36(34)45-37(42)29-19-11-6-12-20-29)26-43-46(38(2,3)4,30-21-13-7-14-22-30)31-23-15-8-16-24-31/h5-24,32-36,41H,25-26H2,1-4H3,(H,39,40)/t32?,33?,34?,35-,36-/m1/s1. The summed E-state index contributed by atoms with van der Waals surface area (Å²) >= 11 is 0. The lowest BCUT2D eigenvalue weighted by atomic mass is 9.89. The van der Waals surface area contributed by atoms with Gasteiger partial charge < -0.3 is 24.3 Å². The van der Waals surface area contributed by atoms with Gasteiger partial charge in [0.25, 0.3) is 8.32 Å². The molecule has 7 nitrogen and oxygen atoms in total. The van der Waals surface area contributed by atoms with E-state index in [1.165, 1.54) is 6.92 Å². The summed E-state index contributed by atoms with van der Waals surface area (Å²) in [5.74, 6) is -0.909. The van der Waals surface area contributed by atoms with Gasteiger partial charge in [-0.05, 0) is 33.1 Å². The Morgan fingerprint density at radius 2 is 1.28 bits per heavy atom. The van der Waals surface area contributed by atoms with Crippen LogP contribution < -0.4 is 15.7 Å². The number of benzene rings is 4. The van der Waals surface area contributed by atoms with Crippen molar-refractivity contribution in [3.63, 3.8) is 0 Å². The SMILES string of the molecule is CC(=O)NC1C(Cc2ccccc2)OC(CO[Si](c2ccccc2)(c2ccccc2)C(C)(C)C)[C@@H](O)[C@@H]1OC(=O)c1ccccc1. The van der Waals surface area contributed by atoms with Crippen molar-refractivity contribution in [2.75, 3.05) is 6.61 Å². The molecular weight excluding hydrogens is 595 g/mol. The molecule has 0 saturated carbocycles. The van der Waals surface area contributed by atoms with E-state index < -0.39 is 44.7 Å². The van der Waals surface area contributed by atoms with Gasteiger partial charge in [-0.1, -0.05) is 130 Å². The van der Waals surface area contributed by atoms with Crippen molar-refractivity contribution in [2.24, 2.45) is 0 Å². The number of ether oxygens (including phenoxy) is 2. The number of carbonyl (C=O) groups excluding carboxylic acids is 2. The minimum absolute atomic E-state index is 0.0475. The van der Waals surface area contributed by atoms with Gasteiger partial charge in [-0.2, -0.15) is 0 Å². The average Bonchev–Trinajstić information content (AvgIpc) is 3.06. The molecule has 240 valence electrons. The molecular formula is C38H43NO6Si. The summed E-state index contributed by atoms with van der Waals surface area (Å²) in [5.41, 5.74) is 1.33. The molecule has 0 radical (unpaired) electrons. The molecule has 0 aliphatic carbocycles. The fourth-order valence-electron chi connectivity index (χ4n) is 6.47. The normalized spacial score (nSPS) is 21.7. The number of aliphatic hydroxyl groups excluding tert-OH is 1. The zero-order chi connectivity index (χ0) is 32.7. The number of esters is 1. The van der Waals surface area contributed by atoms with Crippen LogP contribution in [0.3, 0.4) is 0 Å². The molecule has 4 aromatic carbocycles. The minimum atomic E-state index is -2.98. The first-order valence-corrected chi connectivity index (χ1v) is 17.7. The summed E-state index contributed by atoms with van der Waals surface area (Å²) in [4.78, 5) is 25.8. The van der Waals surface area contributed by atoms with Gasteiger partial charge in [-0.25, -0.2) is 4.79 Å². The van der Waals surface area contributed by atoms with E-state index >= 15 is 0 Å². The van der Waals surface area contributed by atoms with Crippen LogP contribution in [0.5, 0.6) is 0 Å². The molecule has 0 bridgehead atoms. The Morgan fingerprint density at radius 3 is 1.78 bits per heavy atom. The van der Waals surface area contributed by atoms with Crippen LogP contribution in [-0.4, -0.2) is 62.4 Å². The lowest BCUT2D eigenvalue weighted by Gasteiger charge is -2.47. The first-order valence-electron chi connectivity index (χ1n) is 15.8. The van der Waals surface area contributed by atoms with Crippen LogP contribution in [0.4, 0.5) is 0 Å². The third-order valence-corrected chi connectivity index (χ3v) is 13.6. The number of nitrogens with one attached hydrogen (secondary N) is 1. The second kappa shape index (κ2) is 14.6. The van der Waals surface area contributed by atoms with Crippen molar-refractivity contribution in [3.8, 4) is 0 Å². The highest BCUT2D eigenvalue weighted by Crippen LogP contribution is 2.38. The van der Waals surface area contributed by atoms with Gasteiger partial charge in [0.15, 0.2) is 6.10 Å². The Labute approximate surface area is 272 Å². The van der Waals surface area contributed by atoms with Gasteiger partial charge in [0.2, 0.25) is 5.91 Å². The Balaban J connectivity index is 1.53. The molecule has 1 fully saturated rings.